The number of urea groups is 1. The number of guanidine groups is 1. The van der Waals surface area contributed by atoms with Crippen molar-refractivity contribution in [1.82, 2.24) is 20.0 Å². The fourth-order valence-electron chi connectivity index (χ4n) is 3.25. The van der Waals surface area contributed by atoms with Crippen LogP contribution in [0.2, 0.25) is 0 Å². The van der Waals surface area contributed by atoms with Gasteiger partial charge in [-0.15, -0.1) is 0 Å². The molecule has 1 saturated heterocycles. The number of carbonyl (C=O) groups is 2. The Morgan fingerprint density at radius 1 is 1.15 bits per heavy atom. The van der Waals surface area contributed by atoms with Crippen LogP contribution in [0.15, 0.2) is 29.3 Å². The maximum absolute atomic E-state index is 13.1. The van der Waals surface area contributed by atoms with Crippen molar-refractivity contribution in [3.05, 3.63) is 35.4 Å². The van der Waals surface area contributed by atoms with E-state index in [1.54, 1.807) is 11.9 Å². The van der Waals surface area contributed by atoms with Crippen molar-refractivity contribution < 1.29 is 9.59 Å². The van der Waals surface area contributed by atoms with E-state index < -0.39 is 12.2 Å². The Hall–Kier alpha value is -2.57. The molecule has 3 unspecified atom stereocenters. The van der Waals surface area contributed by atoms with Crippen LogP contribution in [-0.2, 0) is 11.3 Å². The monoisotopic (exact) mass is 357 g/mol. The molecule has 26 heavy (non-hydrogen) atoms. The number of hydrogen-bond acceptors (Lipinski definition) is 5. The van der Waals surface area contributed by atoms with Crippen LogP contribution in [0, 0.1) is 6.92 Å². The zero-order chi connectivity index (χ0) is 19.0. The molecule has 0 aliphatic carbocycles. The summed E-state index contributed by atoms with van der Waals surface area (Å²) in [4.78, 5) is 35.2. The lowest BCUT2D eigenvalue weighted by atomic mass is 10.1. The number of hydrogen-bond donors (Lipinski definition) is 1. The molecule has 1 aromatic carbocycles. The fourth-order valence-corrected chi connectivity index (χ4v) is 3.25. The fraction of sp³-hybridized carbons (Fsp3) is 0.526. The van der Waals surface area contributed by atoms with Crippen molar-refractivity contribution >= 4 is 17.9 Å². The molecule has 0 aromatic heterocycles. The van der Waals surface area contributed by atoms with E-state index >= 15 is 0 Å². The largest absolute Gasteiger partial charge is 0.354 e. The predicted octanol–water partition coefficient (Wildman–Crippen LogP) is 1.77. The molecule has 0 radical (unpaired) electrons. The van der Waals surface area contributed by atoms with Crippen molar-refractivity contribution in [3.63, 3.8) is 0 Å². The summed E-state index contributed by atoms with van der Waals surface area (Å²) in [6, 6.07) is 7.32. The Kier molecular flexibility index (Phi) is 4.89. The third-order valence-corrected chi connectivity index (χ3v) is 5.19. The van der Waals surface area contributed by atoms with E-state index in [-0.39, 0.29) is 24.5 Å². The number of nitrogens with one attached hydrogen (secondary N) is 1. The quantitative estimate of drug-likeness (QED) is 0.892. The highest BCUT2D eigenvalue weighted by molar-refractivity contribution is 6.03. The Morgan fingerprint density at radius 2 is 1.81 bits per heavy atom. The van der Waals surface area contributed by atoms with Gasteiger partial charge in [0.25, 0.3) is 5.91 Å². The summed E-state index contributed by atoms with van der Waals surface area (Å²) in [6.45, 7) is 6.44. The second-order valence-electron chi connectivity index (χ2n) is 7.18. The highest BCUT2D eigenvalue weighted by Gasteiger charge is 2.51. The number of aryl methyl sites for hydroxylation is 1. The third kappa shape index (κ3) is 3.13. The molecule has 3 amide bonds. The summed E-state index contributed by atoms with van der Waals surface area (Å²) in [6.07, 6.45) is 0.464. The first-order chi connectivity index (χ1) is 12.3. The van der Waals surface area contributed by atoms with Gasteiger partial charge in [0.2, 0.25) is 0 Å². The maximum Gasteiger partial charge on any atom is 0.328 e. The average Bonchev–Trinajstić information content (AvgIpc) is 2.95. The van der Waals surface area contributed by atoms with Crippen molar-refractivity contribution in [2.75, 3.05) is 14.1 Å². The van der Waals surface area contributed by atoms with Gasteiger partial charge < -0.3 is 15.1 Å². The highest BCUT2D eigenvalue weighted by Crippen LogP contribution is 2.27. The number of rotatable bonds is 4. The van der Waals surface area contributed by atoms with E-state index in [0.717, 1.165) is 17.5 Å². The van der Waals surface area contributed by atoms with Gasteiger partial charge in [0, 0.05) is 20.1 Å². The first-order valence-corrected chi connectivity index (χ1v) is 9.04. The van der Waals surface area contributed by atoms with Crippen LogP contribution < -0.4 is 5.32 Å². The van der Waals surface area contributed by atoms with Gasteiger partial charge >= 0.3 is 6.03 Å². The van der Waals surface area contributed by atoms with E-state index in [1.165, 1.54) is 4.90 Å². The van der Waals surface area contributed by atoms with E-state index in [9.17, 15) is 9.59 Å². The zero-order valence-electron chi connectivity index (χ0n) is 16.1. The lowest BCUT2D eigenvalue weighted by molar-refractivity contribution is -0.137. The molecule has 2 heterocycles. The summed E-state index contributed by atoms with van der Waals surface area (Å²) in [5.74, 6) is 0.463. The van der Waals surface area contributed by atoms with Crippen molar-refractivity contribution in [2.45, 2.75) is 52.0 Å². The highest BCUT2D eigenvalue weighted by atomic mass is 16.2. The van der Waals surface area contributed by atoms with Gasteiger partial charge in [-0.3, -0.25) is 9.69 Å². The van der Waals surface area contributed by atoms with Gasteiger partial charge in [0.05, 0.1) is 6.54 Å². The van der Waals surface area contributed by atoms with Crippen molar-refractivity contribution in [3.8, 4) is 0 Å². The molecular weight excluding hydrogens is 330 g/mol. The Labute approximate surface area is 154 Å². The molecule has 1 fully saturated rings. The molecule has 3 atom stereocenters. The lowest BCUT2D eigenvalue weighted by Gasteiger charge is -2.40. The Bertz CT molecular complexity index is 730. The van der Waals surface area contributed by atoms with E-state index in [4.69, 9.17) is 0 Å². The van der Waals surface area contributed by atoms with Crippen LogP contribution in [-0.4, -0.2) is 64.9 Å². The smallest absolute Gasteiger partial charge is 0.328 e. The Balaban J connectivity index is 1.82. The second kappa shape index (κ2) is 6.97. The van der Waals surface area contributed by atoms with Crippen LogP contribution in [0.4, 0.5) is 4.79 Å². The van der Waals surface area contributed by atoms with Gasteiger partial charge in [-0.25, -0.2) is 9.79 Å². The minimum Gasteiger partial charge on any atom is -0.354 e. The molecule has 140 valence electrons. The van der Waals surface area contributed by atoms with E-state index in [1.807, 2.05) is 43.1 Å². The van der Waals surface area contributed by atoms with Gasteiger partial charge in [-0.05, 0) is 25.8 Å². The lowest BCUT2D eigenvalue weighted by Crippen LogP contribution is -2.64. The van der Waals surface area contributed by atoms with Crippen molar-refractivity contribution in [1.29, 1.82) is 0 Å². The molecule has 7 nitrogen and oxygen atoms in total. The van der Waals surface area contributed by atoms with E-state index in [0.29, 0.717) is 5.96 Å². The normalized spacial score (nSPS) is 23.9. The van der Waals surface area contributed by atoms with Crippen LogP contribution in [0.3, 0.4) is 0 Å². The molecule has 7 heteroatoms. The third-order valence-electron chi connectivity index (χ3n) is 5.19. The first kappa shape index (κ1) is 18.2. The number of fused-ring (bicyclic) bond motifs is 1. The molecule has 0 bridgehead atoms. The SMILES string of the molecule is CCC(C)NC1=NC2C(C(=O)N(Cc3ccc(C)cc3)C(=O)N2C)N1C. The molecule has 3 rings (SSSR count). The van der Waals surface area contributed by atoms with Crippen LogP contribution >= 0.6 is 0 Å². The number of benzene rings is 1. The topological polar surface area (TPSA) is 68.2 Å². The van der Waals surface area contributed by atoms with Crippen LogP contribution in [0.1, 0.15) is 31.4 Å². The molecule has 1 aromatic rings. The number of nitrogens with zero attached hydrogens (tertiary/aromatic N) is 4. The summed E-state index contributed by atoms with van der Waals surface area (Å²) >= 11 is 0. The summed E-state index contributed by atoms with van der Waals surface area (Å²) < 4.78 is 0. The zero-order valence-corrected chi connectivity index (χ0v) is 16.1. The van der Waals surface area contributed by atoms with Gasteiger partial charge in [-0.1, -0.05) is 36.8 Å². The maximum atomic E-state index is 13.1. The molecule has 0 spiro atoms. The number of carbonyl (C=O) groups excluding carboxylic acids is 2. The number of likely N-dealkylation sites (N-methyl/N-ethyl adjacent to an activating group) is 2. The molecule has 2 aliphatic heterocycles. The van der Waals surface area contributed by atoms with Gasteiger partial charge in [-0.2, -0.15) is 0 Å². The summed E-state index contributed by atoms with van der Waals surface area (Å²) in [7, 11) is 3.56. The summed E-state index contributed by atoms with van der Waals surface area (Å²) in [5.41, 5.74) is 2.08. The average molecular weight is 357 g/mol. The molecule has 1 N–H and O–H groups in total. The Morgan fingerprint density at radius 3 is 2.42 bits per heavy atom. The molecular formula is C19H27N5O2. The second-order valence-corrected chi connectivity index (χ2v) is 7.18. The predicted molar refractivity (Wildman–Crippen MR) is 101 cm³/mol. The van der Waals surface area contributed by atoms with Crippen LogP contribution in [0.5, 0.6) is 0 Å². The number of aliphatic imine (C=N–C) groups is 1. The molecule has 2 aliphatic rings. The van der Waals surface area contributed by atoms with E-state index in [2.05, 4.69) is 24.2 Å². The first-order valence-electron chi connectivity index (χ1n) is 9.04. The minimum atomic E-state index is -0.491. The van der Waals surface area contributed by atoms with Crippen molar-refractivity contribution in [2.24, 2.45) is 4.99 Å². The van der Waals surface area contributed by atoms with Crippen LogP contribution in [0.25, 0.3) is 0 Å². The number of amides is 3. The summed E-state index contributed by atoms with van der Waals surface area (Å²) in [5, 5.41) is 3.33. The standard InChI is InChI=1S/C19H27N5O2/c1-6-13(3)20-18-21-16-15(22(18)4)17(25)24(19(26)23(16)5)11-14-9-7-12(2)8-10-14/h7-10,13,15-16H,6,11H2,1-5H3,(H,20,21). The number of imide groups is 1. The molecule has 0 saturated carbocycles. The minimum absolute atomic E-state index is 0.203. The van der Waals surface area contributed by atoms with Gasteiger partial charge in [0.1, 0.15) is 0 Å². The van der Waals surface area contributed by atoms with Gasteiger partial charge in [0.15, 0.2) is 18.2 Å².